The molecule has 0 aromatic heterocycles. The average Bonchev–Trinajstić information content (AvgIpc) is 2.55. The molecule has 1 amide bonds. The summed E-state index contributed by atoms with van der Waals surface area (Å²) in [6, 6.07) is 17.7. The quantitative estimate of drug-likeness (QED) is 0.571. The van der Waals surface area contributed by atoms with Gasteiger partial charge in [-0.1, -0.05) is 30.3 Å². The van der Waals surface area contributed by atoms with Crippen molar-refractivity contribution in [3.05, 3.63) is 63.7 Å². The number of hydrogen-bond acceptors (Lipinski definition) is 3. The zero-order valence-corrected chi connectivity index (χ0v) is 17.0. The van der Waals surface area contributed by atoms with Gasteiger partial charge in [-0.2, -0.15) is 0 Å². The van der Waals surface area contributed by atoms with E-state index >= 15 is 0 Å². The van der Waals surface area contributed by atoms with Crippen molar-refractivity contribution in [2.75, 3.05) is 13.2 Å². The van der Waals surface area contributed by atoms with Crippen molar-refractivity contribution in [2.24, 2.45) is 0 Å². The van der Waals surface area contributed by atoms with Gasteiger partial charge in [0, 0.05) is 10.1 Å². The van der Waals surface area contributed by atoms with Gasteiger partial charge in [-0.25, -0.2) is 4.79 Å². The Morgan fingerprint density at radius 2 is 1.68 bits per heavy atom. The molecule has 4 nitrogen and oxygen atoms in total. The molecule has 2 aromatic rings. The highest BCUT2D eigenvalue weighted by Gasteiger charge is 2.22. The van der Waals surface area contributed by atoms with Crippen LogP contribution >= 0.6 is 22.6 Å². The minimum absolute atomic E-state index is 0.331. The molecule has 25 heavy (non-hydrogen) atoms. The molecule has 0 N–H and O–H groups in total. The maximum atomic E-state index is 12.5. The van der Waals surface area contributed by atoms with E-state index in [0.29, 0.717) is 19.7 Å². The minimum atomic E-state index is -0.525. The fourth-order valence-electron chi connectivity index (χ4n) is 2.17. The topological polar surface area (TPSA) is 38.8 Å². The van der Waals surface area contributed by atoms with Crippen LogP contribution in [0.3, 0.4) is 0 Å². The van der Waals surface area contributed by atoms with Crippen LogP contribution in [0.2, 0.25) is 0 Å². The summed E-state index contributed by atoms with van der Waals surface area (Å²) in [6.07, 6.45) is -0.331. The van der Waals surface area contributed by atoms with Crippen molar-refractivity contribution < 1.29 is 14.3 Å². The Bertz CT molecular complexity index is 666. The Hall–Kier alpha value is -1.76. The van der Waals surface area contributed by atoms with E-state index in [4.69, 9.17) is 9.47 Å². The third-order valence-electron chi connectivity index (χ3n) is 3.31. The first kappa shape index (κ1) is 19.6. The Balaban J connectivity index is 1.97. The van der Waals surface area contributed by atoms with Crippen LogP contribution in [0, 0.1) is 3.57 Å². The van der Waals surface area contributed by atoms with Crippen LogP contribution in [0.25, 0.3) is 0 Å². The lowest BCUT2D eigenvalue weighted by Crippen LogP contribution is -2.38. The fourth-order valence-corrected chi connectivity index (χ4v) is 2.53. The summed E-state index contributed by atoms with van der Waals surface area (Å²) in [5, 5.41) is 0. The summed E-state index contributed by atoms with van der Waals surface area (Å²) >= 11 is 2.25. The molecule has 0 aliphatic heterocycles. The number of ether oxygens (including phenoxy) is 2. The first-order chi connectivity index (χ1) is 11.8. The van der Waals surface area contributed by atoms with Gasteiger partial charge in [0.05, 0.1) is 6.54 Å². The van der Waals surface area contributed by atoms with Gasteiger partial charge in [0.2, 0.25) is 0 Å². The second-order valence-corrected chi connectivity index (χ2v) is 7.94. The molecular weight excluding hydrogens is 429 g/mol. The molecule has 0 aliphatic carbocycles. The maximum Gasteiger partial charge on any atom is 0.410 e. The fraction of sp³-hybridized carbons (Fsp3) is 0.350. The van der Waals surface area contributed by atoms with Gasteiger partial charge in [-0.15, -0.1) is 0 Å². The van der Waals surface area contributed by atoms with Crippen LogP contribution in [0.1, 0.15) is 26.3 Å². The lowest BCUT2D eigenvalue weighted by Gasteiger charge is -2.27. The highest BCUT2D eigenvalue weighted by molar-refractivity contribution is 14.1. The van der Waals surface area contributed by atoms with E-state index in [1.807, 2.05) is 75.4 Å². The summed E-state index contributed by atoms with van der Waals surface area (Å²) < 4.78 is 12.4. The zero-order valence-electron chi connectivity index (χ0n) is 14.9. The Morgan fingerprint density at radius 1 is 1.04 bits per heavy atom. The molecule has 2 aromatic carbocycles. The molecule has 0 bridgehead atoms. The van der Waals surface area contributed by atoms with E-state index in [2.05, 4.69) is 22.6 Å². The first-order valence-corrected chi connectivity index (χ1v) is 9.31. The molecule has 0 saturated heterocycles. The number of halogens is 1. The van der Waals surface area contributed by atoms with E-state index in [0.717, 1.165) is 14.9 Å². The summed E-state index contributed by atoms with van der Waals surface area (Å²) in [7, 11) is 0. The van der Waals surface area contributed by atoms with Gasteiger partial charge < -0.3 is 14.4 Å². The molecule has 0 saturated carbocycles. The van der Waals surface area contributed by atoms with Crippen molar-refractivity contribution in [1.82, 2.24) is 4.90 Å². The molecule has 0 aliphatic rings. The Morgan fingerprint density at radius 3 is 2.28 bits per heavy atom. The number of benzene rings is 2. The van der Waals surface area contributed by atoms with Gasteiger partial charge in [-0.3, -0.25) is 0 Å². The number of hydrogen-bond donors (Lipinski definition) is 0. The van der Waals surface area contributed by atoms with Crippen LogP contribution in [-0.4, -0.2) is 29.7 Å². The molecule has 134 valence electrons. The molecule has 5 heteroatoms. The number of carbonyl (C=O) groups excluding carboxylic acids is 1. The van der Waals surface area contributed by atoms with Gasteiger partial charge in [0.15, 0.2) is 0 Å². The van der Waals surface area contributed by atoms with Crippen molar-refractivity contribution in [3.8, 4) is 5.75 Å². The van der Waals surface area contributed by atoms with Crippen molar-refractivity contribution in [2.45, 2.75) is 32.9 Å². The third-order valence-corrected chi connectivity index (χ3v) is 4.03. The summed E-state index contributed by atoms with van der Waals surface area (Å²) in [5.41, 5.74) is 0.533. The normalized spacial score (nSPS) is 11.0. The highest BCUT2D eigenvalue weighted by atomic mass is 127. The van der Waals surface area contributed by atoms with Gasteiger partial charge in [0.25, 0.3) is 0 Å². The van der Waals surface area contributed by atoms with E-state index in [9.17, 15) is 4.79 Å². The monoisotopic (exact) mass is 453 g/mol. The number of carbonyl (C=O) groups is 1. The van der Waals surface area contributed by atoms with Crippen LogP contribution in [0.4, 0.5) is 4.79 Å². The predicted molar refractivity (Wildman–Crippen MR) is 108 cm³/mol. The smallest absolute Gasteiger partial charge is 0.410 e. The third kappa shape index (κ3) is 7.34. The second-order valence-electron chi connectivity index (χ2n) is 6.69. The average molecular weight is 453 g/mol. The SMILES string of the molecule is CC(C)(C)OC(=O)N(CCOc1ccc(I)cc1)Cc1ccccc1. The van der Waals surface area contributed by atoms with Crippen LogP contribution < -0.4 is 4.74 Å². The van der Waals surface area contributed by atoms with Crippen molar-refractivity contribution in [3.63, 3.8) is 0 Å². The predicted octanol–water partition coefficient (Wildman–Crippen LogP) is 5.11. The Labute approximate surface area is 163 Å². The lowest BCUT2D eigenvalue weighted by molar-refractivity contribution is 0.0209. The second kappa shape index (κ2) is 9.08. The zero-order chi connectivity index (χ0) is 18.3. The van der Waals surface area contributed by atoms with E-state index in [1.165, 1.54) is 0 Å². The summed E-state index contributed by atoms with van der Waals surface area (Å²) in [4.78, 5) is 14.2. The largest absolute Gasteiger partial charge is 0.492 e. The molecule has 0 heterocycles. The molecule has 0 spiro atoms. The van der Waals surface area contributed by atoms with Crippen molar-refractivity contribution >= 4 is 28.7 Å². The van der Waals surface area contributed by atoms with Crippen LogP contribution in [-0.2, 0) is 11.3 Å². The molecular formula is C20H24INO3. The lowest BCUT2D eigenvalue weighted by atomic mass is 10.2. The standard InChI is InChI=1S/C20H24INO3/c1-20(2,3)25-19(23)22(15-16-7-5-4-6-8-16)13-14-24-18-11-9-17(21)10-12-18/h4-12H,13-15H2,1-3H3. The number of rotatable bonds is 6. The molecule has 2 rings (SSSR count). The number of amides is 1. The molecule has 0 unspecified atom stereocenters. The minimum Gasteiger partial charge on any atom is -0.492 e. The summed E-state index contributed by atoms with van der Waals surface area (Å²) in [6.45, 7) is 6.96. The van der Waals surface area contributed by atoms with E-state index in [-0.39, 0.29) is 6.09 Å². The van der Waals surface area contributed by atoms with Gasteiger partial charge in [-0.05, 0) is 73.2 Å². The first-order valence-electron chi connectivity index (χ1n) is 8.24. The van der Waals surface area contributed by atoms with Gasteiger partial charge >= 0.3 is 6.09 Å². The van der Waals surface area contributed by atoms with Crippen LogP contribution in [0.5, 0.6) is 5.75 Å². The Kier molecular flexibility index (Phi) is 7.11. The van der Waals surface area contributed by atoms with Crippen molar-refractivity contribution in [1.29, 1.82) is 0 Å². The molecule has 0 fully saturated rings. The van der Waals surface area contributed by atoms with E-state index in [1.54, 1.807) is 4.90 Å². The highest BCUT2D eigenvalue weighted by Crippen LogP contribution is 2.15. The summed E-state index contributed by atoms with van der Waals surface area (Å²) in [5.74, 6) is 0.796. The van der Waals surface area contributed by atoms with Gasteiger partial charge in [0.1, 0.15) is 18.0 Å². The van der Waals surface area contributed by atoms with Crippen LogP contribution in [0.15, 0.2) is 54.6 Å². The van der Waals surface area contributed by atoms with E-state index < -0.39 is 5.60 Å². The maximum absolute atomic E-state index is 12.5. The number of nitrogens with zero attached hydrogens (tertiary/aromatic N) is 1. The molecule has 0 atom stereocenters. The molecule has 0 radical (unpaired) electrons.